The van der Waals surface area contributed by atoms with Crippen molar-refractivity contribution in [1.29, 1.82) is 0 Å². The van der Waals surface area contributed by atoms with Crippen LogP contribution in [0.25, 0.3) is 0 Å². The Kier molecular flexibility index (Phi) is 7.81. The monoisotopic (exact) mass is 509 g/mol. The van der Waals surface area contributed by atoms with E-state index in [4.69, 9.17) is 11.6 Å². The third-order valence-corrected chi connectivity index (χ3v) is 10.2. The van der Waals surface area contributed by atoms with Crippen molar-refractivity contribution in [3.8, 4) is 0 Å². The van der Waals surface area contributed by atoms with Crippen LogP contribution in [-0.2, 0) is 14.8 Å². The van der Waals surface area contributed by atoms with Crippen LogP contribution in [0.1, 0.15) is 0 Å². The van der Waals surface area contributed by atoms with Gasteiger partial charge in [0.1, 0.15) is 4.29 Å². The van der Waals surface area contributed by atoms with E-state index in [-0.39, 0.29) is 4.83 Å². The summed E-state index contributed by atoms with van der Waals surface area (Å²) in [6, 6.07) is 0. The van der Waals surface area contributed by atoms with Crippen molar-refractivity contribution in [3.63, 3.8) is 0 Å². The minimum Gasteiger partial charge on any atom is -0.210 e. The van der Waals surface area contributed by atoms with Crippen LogP contribution in [0.4, 0.5) is 0 Å². The molecule has 88 valence electrons. The average molecular weight is 513 g/mol. The Labute approximate surface area is 126 Å². The Hall–Kier alpha value is 1.54. The van der Waals surface area contributed by atoms with E-state index in [1.165, 1.54) is 0 Å². The third kappa shape index (κ3) is 5.14. The van der Waals surface area contributed by atoms with E-state index >= 15 is 0 Å². The molecule has 15 heavy (non-hydrogen) atoms. The van der Waals surface area contributed by atoms with Crippen LogP contribution in [0, 0.1) is 0 Å². The highest BCUT2D eigenvalue weighted by atomic mass is 79.9. The van der Waals surface area contributed by atoms with Gasteiger partial charge in [-0.25, -0.2) is 13.2 Å². The Bertz CT molecular complexity index is 355. The fraction of sp³-hybridized carbons (Fsp3) is 0.800. The number of isocyanates is 1. The minimum absolute atomic E-state index is 0.375. The molecule has 0 saturated heterocycles. The Morgan fingerprint density at radius 3 is 1.93 bits per heavy atom. The smallest absolute Gasteiger partial charge is 0.210 e. The molecule has 4 nitrogen and oxygen atoms in total. The van der Waals surface area contributed by atoms with Crippen molar-refractivity contribution in [2.45, 2.75) is 18.1 Å². The van der Waals surface area contributed by atoms with Crippen molar-refractivity contribution in [1.82, 2.24) is 0 Å². The molecule has 0 spiro atoms. The van der Waals surface area contributed by atoms with E-state index in [1.807, 2.05) is 0 Å². The fourth-order valence-corrected chi connectivity index (χ4v) is 4.94. The molecule has 0 saturated carbocycles. The van der Waals surface area contributed by atoms with E-state index in [1.54, 1.807) is 0 Å². The van der Waals surface area contributed by atoms with Gasteiger partial charge in [0.05, 0.1) is 9.65 Å². The summed E-state index contributed by atoms with van der Waals surface area (Å²) in [6.45, 7) is 0. The number of nitrogens with zero attached hydrogens (tertiary/aromatic N) is 1. The molecule has 0 N–H and O–H groups in total. The molecule has 0 bridgehead atoms. The molecule has 0 amide bonds. The normalized spacial score (nSPS) is 19.8. The molecule has 4 atom stereocenters. The van der Waals surface area contributed by atoms with Crippen molar-refractivity contribution in [2.75, 3.05) is 0 Å². The maximum Gasteiger partial charge on any atom is 0.277 e. The lowest BCUT2D eigenvalue weighted by atomic mass is 10.4. The van der Waals surface area contributed by atoms with Gasteiger partial charge in [0.25, 0.3) is 16.1 Å². The molecule has 4 unspecified atom stereocenters. The molecule has 0 aromatic heterocycles. The van der Waals surface area contributed by atoms with Crippen LogP contribution in [0.3, 0.4) is 0 Å². The summed E-state index contributed by atoms with van der Waals surface area (Å²) in [5.74, 6) is 0. The lowest BCUT2D eigenvalue weighted by Gasteiger charge is -2.20. The van der Waals surface area contributed by atoms with Crippen LogP contribution in [0.2, 0.25) is 0 Å². The van der Waals surface area contributed by atoms with Crippen molar-refractivity contribution < 1.29 is 13.2 Å². The molecule has 0 aromatic rings. The number of carbonyl (C=O) groups excluding carboxylic acids is 1. The van der Waals surface area contributed by atoms with Gasteiger partial charge in [0, 0.05) is 0 Å². The van der Waals surface area contributed by atoms with Gasteiger partial charge in [0.2, 0.25) is 0 Å². The lowest BCUT2D eigenvalue weighted by molar-refractivity contribution is 0.563. The number of halogens is 5. The molecule has 0 fully saturated rings. The molecular weight excluding hydrogens is 509 g/mol. The first kappa shape index (κ1) is 16.5. The number of sulfonamides is 1. The maximum absolute atomic E-state index is 11.3. The molecule has 0 rings (SSSR count). The molecule has 0 aromatic carbocycles. The predicted octanol–water partition coefficient (Wildman–Crippen LogP) is 2.86. The first-order valence-corrected chi connectivity index (χ1v) is 8.87. The van der Waals surface area contributed by atoms with Gasteiger partial charge in [-0.1, -0.05) is 68.1 Å². The highest BCUT2D eigenvalue weighted by molar-refractivity contribution is 9.15. The highest BCUT2D eigenvalue weighted by Crippen LogP contribution is 2.33. The molecule has 0 aliphatic heterocycles. The molecular formula is C5H4Br4ClNO3S. The van der Waals surface area contributed by atoms with E-state index in [0.29, 0.717) is 0 Å². The first-order chi connectivity index (χ1) is 6.74. The average Bonchev–Trinajstić information content (AvgIpc) is 2.14. The minimum atomic E-state index is -3.93. The molecule has 0 heterocycles. The van der Waals surface area contributed by atoms with Gasteiger partial charge < -0.3 is 0 Å². The number of rotatable bonds is 5. The van der Waals surface area contributed by atoms with Crippen LogP contribution in [0.15, 0.2) is 4.40 Å². The second-order valence-electron chi connectivity index (χ2n) is 2.27. The topological polar surface area (TPSA) is 63.6 Å². The van der Waals surface area contributed by atoms with Crippen LogP contribution >= 0.6 is 75.3 Å². The number of hydrogen-bond acceptors (Lipinski definition) is 3. The SMILES string of the molecule is O=C=NS(=O)(=O)C(Br)C(Br)C(Br)C(Cl)Br. The summed E-state index contributed by atoms with van der Waals surface area (Å²) in [4.78, 5) is 8.95. The summed E-state index contributed by atoms with van der Waals surface area (Å²) >= 11 is 18.0. The quantitative estimate of drug-likeness (QED) is 0.323. The van der Waals surface area contributed by atoms with Gasteiger partial charge in [-0.2, -0.15) is 0 Å². The second kappa shape index (κ2) is 7.08. The van der Waals surface area contributed by atoms with Crippen LogP contribution in [-0.4, -0.2) is 32.6 Å². The van der Waals surface area contributed by atoms with Gasteiger partial charge in [0.15, 0.2) is 4.16 Å². The number of alkyl halides is 5. The van der Waals surface area contributed by atoms with E-state index < -0.39 is 23.3 Å². The van der Waals surface area contributed by atoms with E-state index in [0.717, 1.165) is 6.08 Å². The van der Waals surface area contributed by atoms with Gasteiger partial charge >= 0.3 is 0 Å². The molecule has 0 radical (unpaired) electrons. The van der Waals surface area contributed by atoms with Gasteiger partial charge in [-0.05, 0) is 0 Å². The zero-order valence-corrected chi connectivity index (χ0v) is 14.7. The summed E-state index contributed by atoms with van der Waals surface area (Å²) in [5, 5.41) is 0. The van der Waals surface area contributed by atoms with E-state index in [9.17, 15) is 13.2 Å². The van der Waals surface area contributed by atoms with E-state index in [2.05, 4.69) is 68.1 Å². The van der Waals surface area contributed by atoms with Gasteiger partial charge in [-0.15, -0.1) is 11.6 Å². The fourth-order valence-electron chi connectivity index (χ4n) is 0.550. The standard InChI is InChI=1S/C5H4Br4ClNO3S/c6-2(4(8)10)3(7)5(9)15(13,14)11-1-12/h2-5H. The van der Waals surface area contributed by atoms with Crippen molar-refractivity contribution in [3.05, 3.63) is 0 Å². The number of hydrogen-bond donors (Lipinski definition) is 0. The van der Waals surface area contributed by atoms with Crippen LogP contribution in [0.5, 0.6) is 0 Å². The molecule has 0 aliphatic carbocycles. The molecule has 0 aliphatic rings. The zero-order chi connectivity index (χ0) is 12.2. The second-order valence-corrected chi connectivity index (χ2v) is 9.68. The Morgan fingerprint density at radius 2 is 1.60 bits per heavy atom. The van der Waals surface area contributed by atoms with Crippen LogP contribution < -0.4 is 0 Å². The Balaban J connectivity index is 4.87. The predicted molar refractivity (Wildman–Crippen MR) is 73.8 cm³/mol. The highest BCUT2D eigenvalue weighted by Gasteiger charge is 2.36. The summed E-state index contributed by atoms with van der Waals surface area (Å²) < 4.78 is 23.8. The summed E-state index contributed by atoms with van der Waals surface area (Å²) in [7, 11) is -3.93. The molecule has 10 heteroatoms. The summed E-state index contributed by atoms with van der Waals surface area (Å²) in [6.07, 6.45) is 0.988. The Morgan fingerprint density at radius 1 is 1.13 bits per heavy atom. The first-order valence-electron chi connectivity index (χ1n) is 3.27. The lowest BCUT2D eigenvalue weighted by Crippen LogP contribution is -2.33. The largest absolute Gasteiger partial charge is 0.277 e. The van der Waals surface area contributed by atoms with Crippen molar-refractivity contribution >= 4 is 91.4 Å². The van der Waals surface area contributed by atoms with Gasteiger partial charge in [-0.3, -0.25) is 0 Å². The zero-order valence-electron chi connectivity index (χ0n) is 6.78. The summed E-state index contributed by atoms with van der Waals surface area (Å²) in [5.41, 5.74) is 0. The maximum atomic E-state index is 11.3. The van der Waals surface area contributed by atoms with Crippen molar-refractivity contribution in [2.24, 2.45) is 4.40 Å². The third-order valence-electron chi connectivity index (χ3n) is 1.24.